The Bertz CT molecular complexity index is 666. The maximum atomic E-state index is 11.9. The summed E-state index contributed by atoms with van der Waals surface area (Å²) in [5, 5.41) is 13.2. The number of fused-ring (bicyclic) bond motifs is 1. The number of aryl methyl sites for hydroxylation is 1. The van der Waals surface area contributed by atoms with Gasteiger partial charge in [-0.25, -0.2) is 4.98 Å². The van der Waals surface area contributed by atoms with E-state index in [0.29, 0.717) is 6.42 Å². The molecule has 1 aromatic carbocycles. The van der Waals surface area contributed by atoms with Crippen molar-refractivity contribution in [1.82, 2.24) is 9.55 Å². The van der Waals surface area contributed by atoms with Crippen molar-refractivity contribution in [2.45, 2.75) is 18.6 Å². The fraction of sp³-hybridized carbons (Fsp3) is 0.286. The molecule has 2 N–H and O–H groups in total. The van der Waals surface area contributed by atoms with Crippen LogP contribution in [0.2, 0.25) is 0 Å². The molecule has 0 bridgehead atoms. The van der Waals surface area contributed by atoms with Gasteiger partial charge in [-0.2, -0.15) is 0 Å². The fourth-order valence-corrected chi connectivity index (χ4v) is 2.49. The van der Waals surface area contributed by atoms with Crippen molar-refractivity contribution in [2.24, 2.45) is 7.05 Å². The lowest BCUT2D eigenvalue weighted by atomic mass is 10.1. The summed E-state index contributed by atoms with van der Waals surface area (Å²) in [6.07, 6.45) is 3.23. The van der Waals surface area contributed by atoms with Crippen molar-refractivity contribution in [1.29, 1.82) is 0 Å². The number of aliphatic hydroxyl groups excluding tert-OH is 1. The molecule has 1 aliphatic carbocycles. The topological polar surface area (TPSA) is 67.2 Å². The van der Waals surface area contributed by atoms with Gasteiger partial charge >= 0.3 is 0 Å². The summed E-state index contributed by atoms with van der Waals surface area (Å²) >= 11 is 0. The van der Waals surface area contributed by atoms with Gasteiger partial charge in [0.2, 0.25) is 0 Å². The highest BCUT2D eigenvalue weighted by Gasteiger charge is 2.31. The number of hydrogen-bond donors (Lipinski definition) is 2. The molecule has 5 heteroatoms. The average molecular weight is 257 g/mol. The number of aromatic nitrogens is 2. The van der Waals surface area contributed by atoms with E-state index in [0.717, 1.165) is 11.1 Å². The minimum Gasteiger partial charge on any atom is -0.390 e. The van der Waals surface area contributed by atoms with Gasteiger partial charge in [0.05, 0.1) is 12.1 Å². The number of anilines is 1. The summed E-state index contributed by atoms with van der Waals surface area (Å²) in [6.45, 7) is 0. The minimum atomic E-state index is -0.538. The van der Waals surface area contributed by atoms with Crippen LogP contribution < -0.4 is 10.9 Å². The molecule has 1 heterocycles. The molecule has 0 radical (unpaired) electrons. The molecule has 0 spiro atoms. The zero-order valence-electron chi connectivity index (χ0n) is 10.6. The zero-order chi connectivity index (χ0) is 13.4. The van der Waals surface area contributed by atoms with E-state index in [1.54, 1.807) is 19.4 Å². The molecule has 0 aliphatic heterocycles. The number of benzene rings is 1. The first-order valence-corrected chi connectivity index (χ1v) is 6.21. The second-order valence-electron chi connectivity index (χ2n) is 4.78. The van der Waals surface area contributed by atoms with Gasteiger partial charge in [-0.3, -0.25) is 4.79 Å². The van der Waals surface area contributed by atoms with Crippen molar-refractivity contribution >= 4 is 5.82 Å². The molecular formula is C14H15N3O2. The number of rotatable bonds is 2. The third-order valence-electron chi connectivity index (χ3n) is 3.51. The summed E-state index contributed by atoms with van der Waals surface area (Å²) in [7, 11) is 1.67. The molecule has 0 unspecified atom stereocenters. The van der Waals surface area contributed by atoms with Gasteiger partial charge in [0, 0.05) is 25.9 Å². The SMILES string of the molecule is Cn1ccnc(N[C@H]2c3ccccc3C[C@H]2O)c1=O. The Hall–Kier alpha value is -2.14. The Labute approximate surface area is 110 Å². The highest BCUT2D eigenvalue weighted by molar-refractivity contribution is 5.44. The first-order valence-electron chi connectivity index (χ1n) is 6.21. The van der Waals surface area contributed by atoms with Crippen molar-refractivity contribution in [3.05, 3.63) is 58.1 Å². The molecule has 3 rings (SSSR count). The molecule has 1 aromatic heterocycles. The van der Waals surface area contributed by atoms with Crippen LogP contribution >= 0.6 is 0 Å². The van der Waals surface area contributed by atoms with Gasteiger partial charge in [-0.1, -0.05) is 24.3 Å². The van der Waals surface area contributed by atoms with Gasteiger partial charge < -0.3 is 15.0 Å². The Morgan fingerprint density at radius 3 is 3.05 bits per heavy atom. The smallest absolute Gasteiger partial charge is 0.293 e. The number of nitrogens with zero attached hydrogens (tertiary/aromatic N) is 2. The summed E-state index contributed by atoms with van der Waals surface area (Å²) in [4.78, 5) is 16.0. The zero-order valence-corrected chi connectivity index (χ0v) is 10.6. The van der Waals surface area contributed by atoms with E-state index >= 15 is 0 Å². The van der Waals surface area contributed by atoms with Crippen molar-refractivity contribution < 1.29 is 5.11 Å². The number of aliphatic hydroxyl groups is 1. The maximum Gasteiger partial charge on any atom is 0.293 e. The minimum absolute atomic E-state index is 0.195. The van der Waals surface area contributed by atoms with Crippen LogP contribution in [-0.4, -0.2) is 20.8 Å². The van der Waals surface area contributed by atoms with E-state index in [2.05, 4.69) is 10.3 Å². The summed E-state index contributed by atoms with van der Waals surface area (Å²) in [6, 6.07) is 7.57. The van der Waals surface area contributed by atoms with Crippen LogP contribution in [0.5, 0.6) is 0 Å². The van der Waals surface area contributed by atoms with Crippen LogP contribution in [0.3, 0.4) is 0 Å². The molecule has 19 heavy (non-hydrogen) atoms. The van der Waals surface area contributed by atoms with Crippen LogP contribution in [0, 0.1) is 0 Å². The second kappa shape index (κ2) is 4.51. The van der Waals surface area contributed by atoms with Crippen molar-refractivity contribution in [3.63, 3.8) is 0 Å². The number of nitrogens with one attached hydrogen (secondary N) is 1. The standard InChI is InChI=1S/C14H15N3O2/c1-17-7-6-15-13(14(17)19)16-12-10-5-3-2-4-9(10)8-11(12)18/h2-7,11-12,18H,8H2,1H3,(H,15,16)/t11-,12+/m1/s1. The summed E-state index contributed by atoms with van der Waals surface area (Å²) in [5.41, 5.74) is 1.95. The molecule has 2 atom stereocenters. The molecule has 1 aliphatic rings. The molecule has 98 valence electrons. The molecule has 0 amide bonds. The highest BCUT2D eigenvalue weighted by Crippen LogP contribution is 2.32. The molecule has 0 fully saturated rings. The summed E-state index contributed by atoms with van der Waals surface area (Å²) < 4.78 is 1.46. The molecule has 0 saturated carbocycles. The first-order chi connectivity index (χ1) is 9.16. The van der Waals surface area contributed by atoms with Gasteiger partial charge in [0.1, 0.15) is 0 Å². The lowest BCUT2D eigenvalue weighted by Crippen LogP contribution is -2.28. The van der Waals surface area contributed by atoms with E-state index in [1.165, 1.54) is 4.57 Å². The largest absolute Gasteiger partial charge is 0.390 e. The van der Waals surface area contributed by atoms with Crippen LogP contribution in [0.1, 0.15) is 17.2 Å². The number of hydrogen-bond acceptors (Lipinski definition) is 4. The van der Waals surface area contributed by atoms with Gasteiger partial charge in [-0.15, -0.1) is 0 Å². The third kappa shape index (κ3) is 2.02. The monoisotopic (exact) mass is 257 g/mol. The van der Waals surface area contributed by atoms with Crippen LogP contribution in [0.15, 0.2) is 41.5 Å². The van der Waals surface area contributed by atoms with E-state index in [4.69, 9.17) is 0 Å². The summed E-state index contributed by atoms with van der Waals surface area (Å²) in [5.74, 6) is 0.269. The normalized spacial score (nSPS) is 21.2. The van der Waals surface area contributed by atoms with Gasteiger partial charge in [0.25, 0.3) is 5.56 Å². The molecule has 0 saturated heterocycles. The van der Waals surface area contributed by atoms with Crippen LogP contribution in [0.25, 0.3) is 0 Å². The van der Waals surface area contributed by atoms with Crippen molar-refractivity contribution in [3.8, 4) is 0 Å². The molecule has 5 nitrogen and oxygen atoms in total. The van der Waals surface area contributed by atoms with Crippen molar-refractivity contribution in [2.75, 3.05) is 5.32 Å². The predicted octanol–water partition coefficient (Wildman–Crippen LogP) is 0.850. The highest BCUT2D eigenvalue weighted by atomic mass is 16.3. The molecule has 2 aromatic rings. The quantitative estimate of drug-likeness (QED) is 0.837. The van der Waals surface area contributed by atoms with E-state index in [-0.39, 0.29) is 17.4 Å². The Kier molecular flexibility index (Phi) is 2.83. The Balaban J connectivity index is 1.96. The lowest BCUT2D eigenvalue weighted by molar-refractivity contribution is 0.165. The maximum absolute atomic E-state index is 11.9. The predicted molar refractivity (Wildman–Crippen MR) is 72.0 cm³/mol. The fourth-order valence-electron chi connectivity index (χ4n) is 2.49. The average Bonchev–Trinajstić information content (AvgIpc) is 2.72. The Morgan fingerprint density at radius 2 is 2.21 bits per heavy atom. The first kappa shape index (κ1) is 11.9. The van der Waals surface area contributed by atoms with Gasteiger partial charge in [0.15, 0.2) is 5.82 Å². The second-order valence-corrected chi connectivity index (χ2v) is 4.78. The third-order valence-corrected chi connectivity index (χ3v) is 3.51. The lowest BCUT2D eigenvalue weighted by Gasteiger charge is -2.18. The van der Waals surface area contributed by atoms with E-state index in [9.17, 15) is 9.90 Å². The van der Waals surface area contributed by atoms with E-state index < -0.39 is 6.10 Å². The van der Waals surface area contributed by atoms with E-state index in [1.807, 2.05) is 24.3 Å². The van der Waals surface area contributed by atoms with Crippen LogP contribution in [0.4, 0.5) is 5.82 Å². The van der Waals surface area contributed by atoms with Crippen LogP contribution in [-0.2, 0) is 13.5 Å². The van der Waals surface area contributed by atoms with Gasteiger partial charge in [-0.05, 0) is 11.1 Å². The Morgan fingerprint density at radius 1 is 1.42 bits per heavy atom. The molecular weight excluding hydrogens is 242 g/mol.